The van der Waals surface area contributed by atoms with Gasteiger partial charge in [-0.2, -0.15) is 0 Å². The first-order chi connectivity index (χ1) is 8.65. The minimum Gasteiger partial charge on any atom is -0.496 e. The molecule has 0 spiro atoms. The zero-order valence-electron chi connectivity index (χ0n) is 11.4. The fourth-order valence-corrected chi connectivity index (χ4v) is 2.47. The normalized spacial score (nSPS) is 16.7. The lowest BCUT2D eigenvalue weighted by molar-refractivity contribution is 0.274. The van der Waals surface area contributed by atoms with Gasteiger partial charge in [-0.1, -0.05) is 13.8 Å². The molecule has 1 aliphatic carbocycles. The van der Waals surface area contributed by atoms with Gasteiger partial charge < -0.3 is 15.2 Å². The molecule has 0 aromatic heterocycles. The van der Waals surface area contributed by atoms with Crippen molar-refractivity contribution in [3.05, 3.63) is 23.8 Å². The zero-order chi connectivity index (χ0) is 13.1. The van der Waals surface area contributed by atoms with Crippen molar-refractivity contribution in [2.45, 2.75) is 39.3 Å². The van der Waals surface area contributed by atoms with Gasteiger partial charge in [-0.25, -0.2) is 0 Å². The lowest BCUT2D eigenvalue weighted by Gasteiger charge is -2.24. The van der Waals surface area contributed by atoms with Gasteiger partial charge in [-0.15, -0.1) is 0 Å². The second kappa shape index (κ2) is 5.61. The Labute approximate surface area is 109 Å². The summed E-state index contributed by atoms with van der Waals surface area (Å²) in [5.74, 6) is 2.18. The Morgan fingerprint density at radius 2 is 2.11 bits per heavy atom. The maximum atomic E-state index is 9.33. The van der Waals surface area contributed by atoms with E-state index < -0.39 is 0 Å². The smallest absolute Gasteiger partial charge is 0.124 e. The Kier molecular flexibility index (Phi) is 4.12. The highest BCUT2D eigenvalue weighted by Gasteiger charge is 2.33. The second-order valence-corrected chi connectivity index (χ2v) is 5.44. The first-order valence-corrected chi connectivity index (χ1v) is 6.70. The predicted octanol–water partition coefficient (Wildman–Crippen LogP) is 3.03. The van der Waals surface area contributed by atoms with E-state index in [9.17, 15) is 5.11 Å². The number of ether oxygens (including phenoxy) is 1. The molecule has 0 bridgehead atoms. The van der Waals surface area contributed by atoms with Crippen LogP contribution in [0, 0.1) is 11.8 Å². The number of anilines is 1. The predicted molar refractivity (Wildman–Crippen MR) is 73.9 cm³/mol. The van der Waals surface area contributed by atoms with Crippen molar-refractivity contribution in [1.82, 2.24) is 0 Å². The van der Waals surface area contributed by atoms with Crippen LogP contribution in [0.5, 0.6) is 5.75 Å². The van der Waals surface area contributed by atoms with Crippen LogP contribution < -0.4 is 10.1 Å². The molecule has 1 atom stereocenters. The molecule has 3 nitrogen and oxygen atoms in total. The fourth-order valence-electron chi connectivity index (χ4n) is 2.47. The fraction of sp³-hybridized carbons (Fsp3) is 0.600. The molecule has 0 heterocycles. The van der Waals surface area contributed by atoms with Crippen LogP contribution in [0.1, 0.15) is 32.3 Å². The van der Waals surface area contributed by atoms with Gasteiger partial charge in [-0.3, -0.25) is 0 Å². The van der Waals surface area contributed by atoms with Gasteiger partial charge >= 0.3 is 0 Å². The van der Waals surface area contributed by atoms with Gasteiger partial charge in [0.15, 0.2) is 0 Å². The molecule has 1 aromatic carbocycles. The average Bonchev–Trinajstić information content (AvgIpc) is 3.19. The largest absolute Gasteiger partial charge is 0.496 e. The Morgan fingerprint density at radius 3 is 2.61 bits per heavy atom. The van der Waals surface area contributed by atoms with Gasteiger partial charge in [-0.05, 0) is 42.9 Å². The molecule has 1 saturated carbocycles. The molecule has 100 valence electrons. The van der Waals surface area contributed by atoms with Gasteiger partial charge in [0.2, 0.25) is 0 Å². The lowest BCUT2D eigenvalue weighted by Crippen LogP contribution is -2.27. The molecule has 2 N–H and O–H groups in total. The van der Waals surface area contributed by atoms with Crippen molar-refractivity contribution >= 4 is 5.69 Å². The quantitative estimate of drug-likeness (QED) is 0.814. The summed E-state index contributed by atoms with van der Waals surface area (Å²) in [5.41, 5.74) is 1.91. The van der Waals surface area contributed by atoms with Gasteiger partial charge in [0.1, 0.15) is 5.75 Å². The number of benzene rings is 1. The van der Waals surface area contributed by atoms with E-state index >= 15 is 0 Å². The van der Waals surface area contributed by atoms with E-state index in [4.69, 9.17) is 4.74 Å². The highest BCUT2D eigenvalue weighted by Crippen LogP contribution is 2.37. The van der Waals surface area contributed by atoms with E-state index in [-0.39, 0.29) is 6.61 Å². The number of aliphatic hydroxyl groups is 1. The van der Waals surface area contributed by atoms with Gasteiger partial charge in [0, 0.05) is 17.3 Å². The van der Waals surface area contributed by atoms with Crippen LogP contribution in [-0.4, -0.2) is 18.3 Å². The summed E-state index contributed by atoms with van der Waals surface area (Å²) in [7, 11) is 1.63. The zero-order valence-corrected chi connectivity index (χ0v) is 11.4. The van der Waals surface area contributed by atoms with Crippen LogP contribution in [0.2, 0.25) is 0 Å². The molecular formula is C15H23NO2. The minimum atomic E-state index is 0.00840. The van der Waals surface area contributed by atoms with E-state index in [1.807, 2.05) is 18.2 Å². The second-order valence-electron chi connectivity index (χ2n) is 5.44. The van der Waals surface area contributed by atoms with Crippen molar-refractivity contribution in [3.8, 4) is 5.75 Å². The molecule has 1 aromatic rings. The van der Waals surface area contributed by atoms with E-state index in [1.165, 1.54) is 12.8 Å². The van der Waals surface area contributed by atoms with Gasteiger partial charge in [0.25, 0.3) is 0 Å². The summed E-state index contributed by atoms with van der Waals surface area (Å²) in [5, 5.41) is 12.9. The molecule has 0 aliphatic heterocycles. The molecule has 0 saturated heterocycles. The summed E-state index contributed by atoms with van der Waals surface area (Å²) in [6.07, 6.45) is 2.66. The summed E-state index contributed by atoms with van der Waals surface area (Å²) in [6, 6.07) is 6.45. The SMILES string of the molecule is COc1ccc(NC(C(C)C)C2CC2)cc1CO. The van der Waals surface area contributed by atoms with Crippen molar-refractivity contribution in [1.29, 1.82) is 0 Å². The van der Waals surface area contributed by atoms with Crippen LogP contribution in [-0.2, 0) is 6.61 Å². The molecular weight excluding hydrogens is 226 g/mol. The Morgan fingerprint density at radius 1 is 1.39 bits per heavy atom. The van der Waals surface area contributed by atoms with Crippen LogP contribution in [0.25, 0.3) is 0 Å². The monoisotopic (exact) mass is 249 g/mol. The first kappa shape index (κ1) is 13.2. The summed E-state index contributed by atoms with van der Waals surface area (Å²) < 4.78 is 5.22. The molecule has 0 radical (unpaired) electrons. The van der Waals surface area contributed by atoms with Crippen LogP contribution in [0.4, 0.5) is 5.69 Å². The average molecular weight is 249 g/mol. The summed E-state index contributed by atoms with van der Waals surface area (Å²) in [6.45, 7) is 4.52. The highest BCUT2D eigenvalue weighted by molar-refractivity contribution is 5.52. The van der Waals surface area contributed by atoms with Gasteiger partial charge in [0.05, 0.1) is 13.7 Å². The molecule has 3 heteroatoms. The Hall–Kier alpha value is -1.22. The molecule has 0 amide bonds. The molecule has 1 fully saturated rings. The number of aliphatic hydroxyl groups excluding tert-OH is 1. The van der Waals surface area contributed by atoms with E-state index in [2.05, 4.69) is 19.2 Å². The molecule has 1 aliphatic rings. The topological polar surface area (TPSA) is 41.5 Å². The van der Waals surface area contributed by atoms with Crippen LogP contribution in [0.15, 0.2) is 18.2 Å². The third-order valence-corrected chi connectivity index (χ3v) is 3.63. The summed E-state index contributed by atoms with van der Waals surface area (Å²) in [4.78, 5) is 0. The van der Waals surface area contributed by atoms with E-state index in [0.717, 1.165) is 22.9 Å². The maximum Gasteiger partial charge on any atom is 0.124 e. The number of rotatable bonds is 6. The third-order valence-electron chi connectivity index (χ3n) is 3.63. The Bertz CT molecular complexity index is 397. The number of nitrogens with one attached hydrogen (secondary N) is 1. The van der Waals surface area contributed by atoms with Crippen molar-refractivity contribution < 1.29 is 9.84 Å². The standard InChI is InChI=1S/C15H23NO2/c1-10(2)15(11-4-5-11)16-13-6-7-14(18-3)12(8-13)9-17/h6-8,10-11,15-17H,4-5,9H2,1-3H3. The highest BCUT2D eigenvalue weighted by atomic mass is 16.5. The number of hydrogen-bond acceptors (Lipinski definition) is 3. The van der Waals surface area contributed by atoms with E-state index in [1.54, 1.807) is 7.11 Å². The summed E-state index contributed by atoms with van der Waals surface area (Å²) >= 11 is 0. The molecule has 18 heavy (non-hydrogen) atoms. The van der Waals surface area contributed by atoms with E-state index in [0.29, 0.717) is 12.0 Å². The third kappa shape index (κ3) is 2.96. The van der Waals surface area contributed by atoms with Crippen molar-refractivity contribution in [2.24, 2.45) is 11.8 Å². The lowest BCUT2D eigenvalue weighted by atomic mass is 9.99. The number of hydrogen-bond donors (Lipinski definition) is 2. The minimum absolute atomic E-state index is 0.00840. The van der Waals surface area contributed by atoms with Crippen LogP contribution in [0.3, 0.4) is 0 Å². The van der Waals surface area contributed by atoms with Crippen molar-refractivity contribution in [3.63, 3.8) is 0 Å². The first-order valence-electron chi connectivity index (χ1n) is 6.70. The molecule has 1 unspecified atom stereocenters. The maximum absolute atomic E-state index is 9.33. The van der Waals surface area contributed by atoms with Crippen molar-refractivity contribution in [2.75, 3.05) is 12.4 Å². The Balaban J connectivity index is 2.12. The molecule has 2 rings (SSSR count). The van der Waals surface area contributed by atoms with Crippen LogP contribution >= 0.6 is 0 Å². The number of methoxy groups -OCH3 is 1.